The minimum atomic E-state index is -0.235. The van der Waals surface area contributed by atoms with Crippen molar-refractivity contribution in [2.24, 2.45) is 5.73 Å². The van der Waals surface area contributed by atoms with E-state index in [1.165, 1.54) is 0 Å². The van der Waals surface area contributed by atoms with E-state index in [0.29, 0.717) is 23.8 Å². The second kappa shape index (κ2) is 4.58. The summed E-state index contributed by atoms with van der Waals surface area (Å²) in [4.78, 5) is 12.3. The van der Waals surface area contributed by atoms with Crippen LogP contribution in [0.1, 0.15) is 26.2 Å². The first kappa shape index (κ1) is 11.7. The summed E-state index contributed by atoms with van der Waals surface area (Å²) >= 11 is 0. The lowest BCUT2D eigenvalue weighted by Gasteiger charge is -2.16. The fraction of sp³-hybridized carbons (Fsp3) is 0.455. The van der Waals surface area contributed by atoms with E-state index in [1.54, 1.807) is 18.6 Å². The van der Waals surface area contributed by atoms with Gasteiger partial charge in [-0.1, -0.05) is 5.16 Å². The van der Waals surface area contributed by atoms with Crippen LogP contribution in [0.5, 0.6) is 0 Å². The highest BCUT2D eigenvalue weighted by Crippen LogP contribution is 2.14. The summed E-state index contributed by atoms with van der Waals surface area (Å²) in [7, 11) is 0. The molecule has 2 rings (SSSR count). The summed E-state index contributed by atoms with van der Waals surface area (Å²) in [5.74, 6) is 1.03. The highest BCUT2D eigenvalue weighted by molar-refractivity contribution is 5.45. The summed E-state index contributed by atoms with van der Waals surface area (Å²) in [6.07, 6.45) is 6.24. The van der Waals surface area contributed by atoms with Gasteiger partial charge in [-0.2, -0.15) is 4.98 Å². The minimum absolute atomic E-state index is 0.235. The van der Waals surface area contributed by atoms with Gasteiger partial charge in [-0.25, -0.2) is 4.98 Å². The number of aromatic nitrogens is 4. The zero-order valence-electron chi connectivity index (χ0n) is 9.92. The van der Waals surface area contributed by atoms with Gasteiger partial charge in [0.2, 0.25) is 11.7 Å². The monoisotopic (exact) mass is 233 g/mol. The second-order valence-corrected chi connectivity index (χ2v) is 4.59. The van der Waals surface area contributed by atoms with Crippen LogP contribution >= 0.6 is 0 Å². The molecule has 2 aromatic heterocycles. The molecule has 0 aliphatic heterocycles. The number of aryl methyl sites for hydroxylation is 1. The quantitative estimate of drug-likeness (QED) is 0.853. The van der Waals surface area contributed by atoms with E-state index < -0.39 is 0 Å². The smallest absolute Gasteiger partial charge is 0.227 e. The molecule has 2 aromatic rings. The molecule has 2 heterocycles. The number of rotatable bonds is 4. The summed E-state index contributed by atoms with van der Waals surface area (Å²) in [5.41, 5.74) is 6.26. The molecule has 0 spiro atoms. The Kier molecular flexibility index (Phi) is 3.14. The van der Waals surface area contributed by atoms with E-state index >= 15 is 0 Å². The Balaban J connectivity index is 2.07. The molecular weight excluding hydrogens is 218 g/mol. The third-order valence-corrected chi connectivity index (χ3v) is 2.24. The van der Waals surface area contributed by atoms with E-state index in [-0.39, 0.29) is 5.54 Å². The second-order valence-electron chi connectivity index (χ2n) is 4.59. The number of hydrogen-bond donors (Lipinski definition) is 1. The molecule has 0 aromatic carbocycles. The van der Waals surface area contributed by atoms with Gasteiger partial charge >= 0.3 is 0 Å². The van der Waals surface area contributed by atoms with Crippen LogP contribution in [0.15, 0.2) is 23.1 Å². The van der Waals surface area contributed by atoms with Crippen LogP contribution in [0, 0.1) is 0 Å². The van der Waals surface area contributed by atoms with E-state index in [0.717, 1.165) is 6.42 Å². The number of nitrogens with zero attached hydrogens (tertiary/aromatic N) is 4. The van der Waals surface area contributed by atoms with Crippen LogP contribution in [0.3, 0.4) is 0 Å². The van der Waals surface area contributed by atoms with Gasteiger partial charge in [0.15, 0.2) is 0 Å². The van der Waals surface area contributed by atoms with Crippen molar-refractivity contribution < 1.29 is 4.52 Å². The lowest BCUT2D eigenvalue weighted by molar-refractivity contribution is 0.358. The lowest BCUT2D eigenvalue weighted by atomic mass is 10.0. The maximum Gasteiger partial charge on any atom is 0.227 e. The van der Waals surface area contributed by atoms with Gasteiger partial charge in [-0.05, 0) is 20.3 Å². The van der Waals surface area contributed by atoms with Crippen molar-refractivity contribution in [3.05, 3.63) is 24.5 Å². The Morgan fingerprint density at radius 2 is 2.18 bits per heavy atom. The van der Waals surface area contributed by atoms with Gasteiger partial charge in [0.1, 0.15) is 5.69 Å². The fourth-order valence-electron chi connectivity index (χ4n) is 1.30. The van der Waals surface area contributed by atoms with Crippen molar-refractivity contribution in [3.63, 3.8) is 0 Å². The molecule has 0 atom stereocenters. The minimum Gasteiger partial charge on any atom is -0.339 e. The third-order valence-electron chi connectivity index (χ3n) is 2.24. The first-order chi connectivity index (χ1) is 8.04. The molecule has 0 saturated carbocycles. The van der Waals surface area contributed by atoms with Gasteiger partial charge in [-0.3, -0.25) is 4.98 Å². The van der Waals surface area contributed by atoms with Crippen LogP contribution in [0.25, 0.3) is 11.5 Å². The Bertz CT molecular complexity index is 474. The molecule has 90 valence electrons. The fourth-order valence-corrected chi connectivity index (χ4v) is 1.30. The SMILES string of the molecule is CC(C)(N)CCc1nc(-c2cnccn2)no1. The molecule has 2 N–H and O–H groups in total. The Morgan fingerprint density at radius 1 is 1.35 bits per heavy atom. The number of hydrogen-bond acceptors (Lipinski definition) is 6. The van der Waals surface area contributed by atoms with Crippen LogP contribution < -0.4 is 5.73 Å². The van der Waals surface area contributed by atoms with E-state index in [4.69, 9.17) is 10.3 Å². The molecule has 0 unspecified atom stereocenters. The van der Waals surface area contributed by atoms with Crippen molar-refractivity contribution >= 4 is 0 Å². The Labute approximate surface area is 99.3 Å². The van der Waals surface area contributed by atoms with Crippen molar-refractivity contribution in [1.82, 2.24) is 20.1 Å². The Morgan fingerprint density at radius 3 is 2.82 bits per heavy atom. The summed E-state index contributed by atoms with van der Waals surface area (Å²) in [6, 6.07) is 0. The third kappa shape index (κ3) is 3.32. The molecule has 6 heteroatoms. The molecule has 17 heavy (non-hydrogen) atoms. The highest BCUT2D eigenvalue weighted by atomic mass is 16.5. The average molecular weight is 233 g/mol. The van der Waals surface area contributed by atoms with E-state index in [9.17, 15) is 0 Å². The summed E-state index contributed by atoms with van der Waals surface area (Å²) in [5, 5.41) is 3.86. The van der Waals surface area contributed by atoms with Crippen molar-refractivity contribution in [3.8, 4) is 11.5 Å². The molecule has 6 nitrogen and oxygen atoms in total. The predicted octanol–water partition coefficient (Wildman–Crippen LogP) is 1.20. The molecule has 0 amide bonds. The van der Waals surface area contributed by atoms with Gasteiger partial charge < -0.3 is 10.3 Å². The topological polar surface area (TPSA) is 90.7 Å². The molecule has 0 bridgehead atoms. The van der Waals surface area contributed by atoms with Crippen LogP contribution in [-0.2, 0) is 6.42 Å². The maximum atomic E-state index is 5.89. The van der Waals surface area contributed by atoms with Gasteiger partial charge in [0.05, 0.1) is 6.20 Å². The molecule has 0 saturated heterocycles. The summed E-state index contributed by atoms with van der Waals surface area (Å²) < 4.78 is 5.13. The summed E-state index contributed by atoms with van der Waals surface area (Å²) in [6.45, 7) is 3.93. The maximum absolute atomic E-state index is 5.89. The van der Waals surface area contributed by atoms with Gasteiger partial charge in [-0.15, -0.1) is 0 Å². The van der Waals surface area contributed by atoms with Crippen LogP contribution in [0.4, 0.5) is 0 Å². The predicted molar refractivity (Wildman–Crippen MR) is 61.9 cm³/mol. The standard InChI is InChI=1S/C11H15N5O/c1-11(2,12)4-3-9-15-10(16-17-9)8-7-13-5-6-14-8/h5-7H,3-4,12H2,1-2H3. The number of nitrogens with two attached hydrogens (primary N) is 1. The van der Waals surface area contributed by atoms with Crippen LogP contribution in [0.2, 0.25) is 0 Å². The lowest BCUT2D eigenvalue weighted by Crippen LogP contribution is -2.32. The zero-order valence-corrected chi connectivity index (χ0v) is 9.92. The highest BCUT2D eigenvalue weighted by Gasteiger charge is 2.14. The molecule has 0 fully saturated rings. The molecule has 0 aliphatic carbocycles. The molecular formula is C11H15N5O. The molecule has 0 radical (unpaired) electrons. The normalized spacial score (nSPS) is 11.7. The first-order valence-corrected chi connectivity index (χ1v) is 5.42. The zero-order chi connectivity index (χ0) is 12.3. The van der Waals surface area contributed by atoms with E-state index in [2.05, 4.69) is 20.1 Å². The van der Waals surface area contributed by atoms with Crippen molar-refractivity contribution in [2.45, 2.75) is 32.2 Å². The van der Waals surface area contributed by atoms with Crippen LogP contribution in [-0.4, -0.2) is 25.6 Å². The Hall–Kier alpha value is -1.82. The van der Waals surface area contributed by atoms with Crippen molar-refractivity contribution in [1.29, 1.82) is 0 Å². The first-order valence-electron chi connectivity index (χ1n) is 5.42. The largest absolute Gasteiger partial charge is 0.339 e. The molecule has 0 aliphatic rings. The van der Waals surface area contributed by atoms with E-state index in [1.807, 2.05) is 13.8 Å². The average Bonchev–Trinajstić information content (AvgIpc) is 2.75. The van der Waals surface area contributed by atoms with Gasteiger partial charge in [0, 0.05) is 24.4 Å². The van der Waals surface area contributed by atoms with Gasteiger partial charge in [0.25, 0.3) is 0 Å². The van der Waals surface area contributed by atoms with Crippen molar-refractivity contribution in [2.75, 3.05) is 0 Å².